The third-order valence-electron chi connectivity index (χ3n) is 3.46. The lowest BCUT2D eigenvalue weighted by atomic mass is 9.85. The van der Waals surface area contributed by atoms with Gasteiger partial charge in [-0.25, -0.2) is 0 Å². The molecule has 1 aliphatic carbocycles. The summed E-state index contributed by atoms with van der Waals surface area (Å²) in [5, 5.41) is 0. The van der Waals surface area contributed by atoms with E-state index in [1.54, 1.807) is 0 Å². The number of nitrogens with two attached hydrogens (primary N) is 1. The van der Waals surface area contributed by atoms with Crippen molar-refractivity contribution in [3.63, 3.8) is 0 Å². The van der Waals surface area contributed by atoms with Crippen LogP contribution in [0, 0.1) is 0 Å². The van der Waals surface area contributed by atoms with Crippen LogP contribution >= 0.6 is 0 Å². The van der Waals surface area contributed by atoms with E-state index < -0.39 is 5.54 Å². The molecule has 2 fully saturated rings. The van der Waals surface area contributed by atoms with Gasteiger partial charge in [0.1, 0.15) is 24.6 Å². The van der Waals surface area contributed by atoms with Crippen molar-refractivity contribution in [3.8, 4) is 0 Å². The lowest BCUT2D eigenvalue weighted by Crippen LogP contribution is -2.45. The Labute approximate surface area is 95.0 Å². The Balaban J connectivity index is 1.82. The van der Waals surface area contributed by atoms with Crippen LogP contribution in [0.1, 0.15) is 13.3 Å². The molecular weight excluding hydrogens is 206 g/mol. The lowest BCUT2D eigenvalue weighted by molar-refractivity contribution is -0.0420. The van der Waals surface area contributed by atoms with Crippen molar-refractivity contribution in [2.75, 3.05) is 19.8 Å². The predicted octanol–water partition coefficient (Wildman–Crippen LogP) is 0.732. The second-order valence-electron chi connectivity index (χ2n) is 4.75. The van der Waals surface area contributed by atoms with E-state index in [2.05, 4.69) is 6.08 Å². The molecule has 3 rings (SSSR count). The molecule has 0 aromatic rings. The molecule has 0 radical (unpaired) electrons. The van der Waals surface area contributed by atoms with Crippen LogP contribution in [0.2, 0.25) is 0 Å². The second kappa shape index (κ2) is 3.58. The highest BCUT2D eigenvalue weighted by Gasteiger charge is 2.43. The fourth-order valence-corrected chi connectivity index (χ4v) is 2.25. The third-order valence-corrected chi connectivity index (χ3v) is 3.46. The van der Waals surface area contributed by atoms with Gasteiger partial charge in [-0.15, -0.1) is 0 Å². The molecule has 0 aromatic heterocycles. The fraction of sp³-hybridized carbons (Fsp3) is 0.667. The first-order chi connectivity index (χ1) is 7.68. The van der Waals surface area contributed by atoms with Crippen LogP contribution in [0.3, 0.4) is 0 Å². The highest BCUT2D eigenvalue weighted by molar-refractivity contribution is 5.38. The van der Waals surface area contributed by atoms with Gasteiger partial charge < -0.3 is 19.9 Å². The average Bonchev–Trinajstić information content (AvgIpc) is 3.12. The molecule has 0 spiro atoms. The van der Waals surface area contributed by atoms with E-state index in [1.807, 2.05) is 13.0 Å². The van der Waals surface area contributed by atoms with Crippen molar-refractivity contribution in [3.05, 3.63) is 23.5 Å². The monoisotopic (exact) mass is 223 g/mol. The van der Waals surface area contributed by atoms with Crippen molar-refractivity contribution in [1.82, 2.24) is 0 Å². The maximum Gasteiger partial charge on any atom is 0.125 e. The van der Waals surface area contributed by atoms with Gasteiger partial charge in [0.25, 0.3) is 0 Å². The van der Waals surface area contributed by atoms with Crippen LogP contribution in [-0.4, -0.2) is 37.6 Å². The Morgan fingerprint density at radius 2 is 2.19 bits per heavy atom. The highest BCUT2D eigenvalue weighted by Crippen LogP contribution is 2.34. The summed E-state index contributed by atoms with van der Waals surface area (Å²) < 4.78 is 16.5. The van der Waals surface area contributed by atoms with Crippen LogP contribution in [-0.2, 0) is 14.2 Å². The highest BCUT2D eigenvalue weighted by atomic mass is 16.6. The molecule has 2 aliphatic heterocycles. The summed E-state index contributed by atoms with van der Waals surface area (Å²) in [6.07, 6.45) is 5.25. The minimum absolute atomic E-state index is 0.0911. The molecule has 0 amide bonds. The second-order valence-corrected chi connectivity index (χ2v) is 4.75. The minimum Gasteiger partial charge on any atom is -0.493 e. The topological polar surface area (TPSA) is 57.0 Å². The van der Waals surface area contributed by atoms with Crippen molar-refractivity contribution < 1.29 is 14.2 Å². The zero-order valence-corrected chi connectivity index (χ0v) is 9.44. The van der Waals surface area contributed by atoms with E-state index >= 15 is 0 Å². The summed E-state index contributed by atoms with van der Waals surface area (Å²) in [5.41, 5.74) is 6.98. The van der Waals surface area contributed by atoms with Crippen LogP contribution in [0.25, 0.3) is 0 Å². The SMILES string of the molecule is CC(N)(C1=CCC2OCCOC2=C1)[C@@H]1CO1. The van der Waals surface area contributed by atoms with E-state index in [9.17, 15) is 0 Å². The van der Waals surface area contributed by atoms with Gasteiger partial charge in [0.15, 0.2) is 0 Å². The Morgan fingerprint density at radius 1 is 1.38 bits per heavy atom. The molecule has 3 aliphatic rings. The fourth-order valence-electron chi connectivity index (χ4n) is 2.25. The number of rotatable bonds is 2. The zero-order valence-electron chi connectivity index (χ0n) is 9.44. The van der Waals surface area contributed by atoms with Crippen LogP contribution < -0.4 is 5.73 Å². The van der Waals surface area contributed by atoms with Gasteiger partial charge in [-0.05, 0) is 25.0 Å². The lowest BCUT2D eigenvalue weighted by Gasteiger charge is -2.32. The molecule has 88 valence electrons. The van der Waals surface area contributed by atoms with Gasteiger partial charge in [-0.1, -0.05) is 6.08 Å². The van der Waals surface area contributed by atoms with E-state index in [-0.39, 0.29) is 12.2 Å². The van der Waals surface area contributed by atoms with Crippen molar-refractivity contribution in [1.29, 1.82) is 0 Å². The van der Waals surface area contributed by atoms with Gasteiger partial charge in [0, 0.05) is 0 Å². The van der Waals surface area contributed by atoms with Gasteiger partial charge in [0.05, 0.1) is 18.8 Å². The molecule has 3 atom stereocenters. The summed E-state index contributed by atoms with van der Waals surface area (Å²) >= 11 is 0. The normalized spacial score (nSPS) is 36.4. The maximum atomic E-state index is 6.28. The van der Waals surface area contributed by atoms with E-state index in [1.165, 1.54) is 0 Å². The molecule has 4 nitrogen and oxygen atoms in total. The Kier molecular flexibility index (Phi) is 2.31. The minimum atomic E-state index is -0.404. The van der Waals surface area contributed by atoms with E-state index in [4.69, 9.17) is 19.9 Å². The molecular formula is C12H17NO3. The summed E-state index contributed by atoms with van der Waals surface area (Å²) in [5.74, 6) is 0.918. The van der Waals surface area contributed by atoms with Gasteiger partial charge in [-0.2, -0.15) is 0 Å². The molecule has 2 saturated heterocycles. The van der Waals surface area contributed by atoms with E-state index in [0.717, 1.165) is 24.4 Å². The zero-order chi connectivity index (χ0) is 11.2. The molecule has 2 heterocycles. The maximum absolute atomic E-state index is 6.28. The van der Waals surface area contributed by atoms with Crippen molar-refractivity contribution in [2.45, 2.75) is 31.1 Å². The smallest absolute Gasteiger partial charge is 0.125 e. The third kappa shape index (κ3) is 1.67. The summed E-state index contributed by atoms with van der Waals surface area (Å²) in [6, 6.07) is 0. The number of ether oxygens (including phenoxy) is 3. The van der Waals surface area contributed by atoms with Crippen molar-refractivity contribution >= 4 is 0 Å². The summed E-state index contributed by atoms with van der Waals surface area (Å²) in [7, 11) is 0. The van der Waals surface area contributed by atoms with Crippen molar-refractivity contribution in [2.24, 2.45) is 5.73 Å². The number of hydrogen-bond donors (Lipinski definition) is 1. The van der Waals surface area contributed by atoms with Crippen LogP contribution in [0.5, 0.6) is 0 Å². The number of epoxide rings is 1. The van der Waals surface area contributed by atoms with Gasteiger partial charge in [0.2, 0.25) is 0 Å². The molecule has 4 heteroatoms. The van der Waals surface area contributed by atoms with Crippen LogP contribution in [0.4, 0.5) is 0 Å². The number of fused-ring (bicyclic) bond motifs is 1. The average molecular weight is 223 g/mol. The first-order valence-corrected chi connectivity index (χ1v) is 5.75. The Hall–Kier alpha value is -0.840. The quantitative estimate of drug-likeness (QED) is 0.701. The van der Waals surface area contributed by atoms with Gasteiger partial charge in [-0.3, -0.25) is 0 Å². The van der Waals surface area contributed by atoms with E-state index in [0.29, 0.717) is 13.2 Å². The molecule has 0 bridgehead atoms. The standard InChI is InChI=1S/C12H17NO3/c1-12(13,11-7-16-11)8-2-3-9-10(6-8)15-5-4-14-9/h2,6,9,11H,3-5,7,13H2,1H3/t9?,11-,12?/m0/s1. The molecule has 0 aromatic carbocycles. The Bertz CT molecular complexity index is 355. The largest absolute Gasteiger partial charge is 0.493 e. The van der Waals surface area contributed by atoms with Gasteiger partial charge >= 0.3 is 0 Å². The molecule has 2 unspecified atom stereocenters. The number of hydrogen-bond acceptors (Lipinski definition) is 4. The molecule has 16 heavy (non-hydrogen) atoms. The first-order valence-electron chi connectivity index (χ1n) is 5.75. The molecule has 0 saturated carbocycles. The Morgan fingerprint density at radius 3 is 2.94 bits per heavy atom. The first kappa shape index (κ1) is 10.3. The van der Waals surface area contributed by atoms with Crippen LogP contribution in [0.15, 0.2) is 23.5 Å². The summed E-state index contributed by atoms with van der Waals surface area (Å²) in [4.78, 5) is 0. The summed E-state index contributed by atoms with van der Waals surface area (Å²) in [6.45, 7) is 4.08. The molecule has 2 N–H and O–H groups in total. The predicted molar refractivity (Wildman–Crippen MR) is 58.8 cm³/mol.